The zero-order valence-electron chi connectivity index (χ0n) is 3.99. The topological polar surface area (TPSA) is 0 Å². The second-order valence-corrected chi connectivity index (χ2v) is 1.22. The van der Waals surface area contributed by atoms with Crippen LogP contribution in [0.1, 0.15) is 0 Å². The van der Waals surface area contributed by atoms with Crippen molar-refractivity contribution in [2.24, 2.45) is 0 Å². The number of hydrogen-bond donors (Lipinski definition) is 0. The van der Waals surface area contributed by atoms with E-state index in [4.69, 9.17) is 0 Å². The molecule has 2 radical (unpaired) electrons. The molecular weight excluding hydrogens is 162 g/mol. The summed E-state index contributed by atoms with van der Waals surface area (Å²) in [6.07, 6.45) is 0. The van der Waals surface area contributed by atoms with Crippen molar-refractivity contribution in [2.75, 3.05) is 0 Å². The fourth-order valence-corrected chi connectivity index (χ4v) is 0.367. The van der Waals surface area contributed by atoms with Crippen molar-refractivity contribution in [1.82, 2.24) is 0 Å². The zero-order valence-corrected chi connectivity index (χ0v) is 4.93. The first-order valence-electron chi connectivity index (χ1n) is 2.01. The van der Waals surface area contributed by atoms with E-state index in [0.29, 0.717) is 0 Å². The van der Waals surface area contributed by atoms with Gasteiger partial charge in [0.25, 0.3) is 0 Å². The molecule has 0 aliphatic carbocycles. The van der Waals surface area contributed by atoms with Crippen molar-refractivity contribution >= 4 is 18.9 Å². The Morgan fingerprint density at radius 3 is 1.89 bits per heavy atom. The molecule has 1 aromatic carbocycles. The Bertz CT molecular complexity index is 143. The summed E-state index contributed by atoms with van der Waals surface area (Å²) in [6.45, 7) is 0. The van der Waals surface area contributed by atoms with Gasteiger partial charge in [0.2, 0.25) is 0 Å². The summed E-state index contributed by atoms with van der Waals surface area (Å²) in [4.78, 5) is 0. The van der Waals surface area contributed by atoms with Gasteiger partial charge in [0.05, 0.1) is 0 Å². The van der Waals surface area contributed by atoms with Crippen LogP contribution < -0.4 is 0 Å². The van der Waals surface area contributed by atoms with E-state index in [-0.39, 0.29) is 41.7 Å². The molecule has 0 aliphatic heterocycles. The van der Waals surface area contributed by atoms with Crippen LogP contribution in [0.2, 0.25) is 0 Å². The summed E-state index contributed by atoms with van der Waals surface area (Å²) in [5.41, 5.74) is 0. The van der Waals surface area contributed by atoms with Gasteiger partial charge in [-0.1, -0.05) is 12.1 Å². The van der Waals surface area contributed by atoms with Crippen molar-refractivity contribution < 1.29 is 21.5 Å². The first kappa shape index (κ1) is 12.0. The molecule has 0 heterocycles. The van der Waals surface area contributed by atoms with Gasteiger partial charge in [0.1, 0.15) is 5.82 Å². The molecule has 0 bridgehead atoms. The monoisotopic (exact) mass is 166 g/mol. The summed E-state index contributed by atoms with van der Waals surface area (Å²) < 4.78 is 11.9. The predicted octanol–water partition coefficient (Wildman–Crippen LogP) is 0.975. The van der Waals surface area contributed by atoms with Gasteiger partial charge in [-0.3, -0.25) is 0 Å². The van der Waals surface area contributed by atoms with Crippen molar-refractivity contribution in [3.63, 3.8) is 0 Å². The first-order chi connectivity index (χ1) is 3.39. The summed E-state index contributed by atoms with van der Waals surface area (Å²) in [6, 6.07) is 8.49. The molecule has 0 aromatic heterocycles. The molecule has 1 aromatic rings. The van der Waals surface area contributed by atoms with Crippen molar-refractivity contribution in [3.8, 4) is 0 Å². The number of hydrogen-bond acceptors (Lipinski definition) is 0. The Kier molecular flexibility index (Phi) is 8.51. The van der Waals surface area contributed by atoms with Crippen LogP contribution in [0.3, 0.4) is 0 Å². The molecule has 9 heavy (non-hydrogen) atoms. The third kappa shape index (κ3) is 4.75. The molecule has 3 heteroatoms. The van der Waals surface area contributed by atoms with Crippen molar-refractivity contribution in [2.45, 2.75) is 0 Å². The summed E-state index contributed by atoms with van der Waals surface area (Å²) in [5.74, 6) is -0.209. The van der Waals surface area contributed by atoms with Gasteiger partial charge in [-0.15, -0.1) is 0 Å². The van der Waals surface area contributed by atoms with Gasteiger partial charge in [-0.2, -0.15) is 0 Å². The Morgan fingerprint density at radius 2 is 1.67 bits per heavy atom. The Labute approximate surface area is 76.5 Å². The molecule has 0 unspecified atom stereocenters. The van der Waals surface area contributed by atoms with Crippen LogP contribution in [0.15, 0.2) is 24.3 Å². The van der Waals surface area contributed by atoms with E-state index in [2.05, 4.69) is 6.07 Å². The van der Waals surface area contributed by atoms with E-state index in [9.17, 15) is 4.39 Å². The Balaban J connectivity index is 0. The summed E-state index contributed by atoms with van der Waals surface area (Å²) >= 11 is 0. The van der Waals surface area contributed by atoms with Gasteiger partial charge in [0.15, 0.2) is 0 Å². The van der Waals surface area contributed by atoms with Gasteiger partial charge < -0.3 is 0 Å². The van der Waals surface area contributed by atoms with E-state index in [1.165, 1.54) is 24.3 Å². The standard InChI is InChI=1S/C6H4F.Cu.Li.H/c7-6-4-2-1-3-5-6;;;/h2-5H;;;. The first-order valence-corrected chi connectivity index (χ1v) is 2.01. The van der Waals surface area contributed by atoms with Crippen molar-refractivity contribution in [3.05, 3.63) is 36.1 Å². The molecular formula is C6H5CuFLi. The second kappa shape index (κ2) is 6.39. The minimum atomic E-state index is -0.209. The van der Waals surface area contributed by atoms with Gasteiger partial charge in [-0.05, 0) is 18.2 Å². The summed E-state index contributed by atoms with van der Waals surface area (Å²) in [5, 5.41) is 0. The minimum absolute atomic E-state index is 0. The Hall–Kier alpha value is 0.267. The molecule has 0 saturated heterocycles. The van der Waals surface area contributed by atoms with E-state index in [0.717, 1.165) is 0 Å². The Morgan fingerprint density at radius 1 is 1.22 bits per heavy atom. The number of halogens is 1. The molecule has 0 saturated carbocycles. The molecule has 0 fully saturated rings. The fourth-order valence-electron chi connectivity index (χ4n) is 0.367. The van der Waals surface area contributed by atoms with Crippen LogP contribution in [-0.4, -0.2) is 18.9 Å². The average Bonchev–Trinajstić information content (AvgIpc) is 1.69. The number of rotatable bonds is 0. The van der Waals surface area contributed by atoms with Crippen LogP contribution in [0.5, 0.6) is 0 Å². The van der Waals surface area contributed by atoms with Gasteiger partial charge in [-0.25, -0.2) is 4.39 Å². The van der Waals surface area contributed by atoms with Crippen LogP contribution in [-0.2, 0) is 17.1 Å². The molecule has 0 spiro atoms. The van der Waals surface area contributed by atoms with E-state index in [1.807, 2.05) is 0 Å². The molecule has 0 N–H and O–H groups in total. The maximum absolute atomic E-state index is 11.9. The molecule has 1 rings (SSSR count). The average molecular weight is 167 g/mol. The molecule has 0 amide bonds. The van der Waals surface area contributed by atoms with Crippen LogP contribution in [0.25, 0.3) is 0 Å². The summed E-state index contributed by atoms with van der Waals surface area (Å²) in [7, 11) is 0. The molecule has 0 aliphatic rings. The van der Waals surface area contributed by atoms with E-state index < -0.39 is 0 Å². The van der Waals surface area contributed by atoms with Crippen molar-refractivity contribution in [1.29, 1.82) is 0 Å². The normalized spacial score (nSPS) is 6.78. The van der Waals surface area contributed by atoms with E-state index >= 15 is 0 Å². The number of benzene rings is 1. The van der Waals surface area contributed by atoms with Crippen LogP contribution in [0.4, 0.5) is 4.39 Å². The maximum atomic E-state index is 11.9. The van der Waals surface area contributed by atoms with Gasteiger partial charge in [0, 0.05) is 17.1 Å². The fraction of sp³-hybridized carbons (Fsp3) is 0. The second-order valence-electron chi connectivity index (χ2n) is 1.22. The van der Waals surface area contributed by atoms with E-state index in [1.54, 1.807) is 0 Å². The predicted molar refractivity (Wildman–Crippen MR) is 32.4 cm³/mol. The molecule has 48 valence electrons. The van der Waals surface area contributed by atoms with Gasteiger partial charge >= 0.3 is 18.9 Å². The zero-order chi connectivity index (χ0) is 5.11. The molecule has 0 nitrogen and oxygen atoms in total. The van der Waals surface area contributed by atoms with Crippen LogP contribution >= 0.6 is 0 Å². The third-order valence-corrected chi connectivity index (χ3v) is 0.678. The molecule has 0 atom stereocenters. The SMILES string of the molecule is Fc1cc[c]cc1.[Cu].[LiH]. The van der Waals surface area contributed by atoms with Crippen LogP contribution in [0, 0.1) is 11.9 Å². The third-order valence-electron chi connectivity index (χ3n) is 0.678. The quantitative estimate of drug-likeness (QED) is 0.504.